The highest BCUT2D eigenvalue weighted by Crippen LogP contribution is 2.25. The van der Waals surface area contributed by atoms with Crippen molar-refractivity contribution in [1.29, 1.82) is 0 Å². The van der Waals surface area contributed by atoms with Crippen LogP contribution in [-0.2, 0) is 13.0 Å². The lowest BCUT2D eigenvalue weighted by atomic mass is 10.1. The molecule has 0 saturated heterocycles. The molecule has 148 valence electrons. The van der Waals surface area contributed by atoms with Crippen molar-refractivity contribution in [3.63, 3.8) is 0 Å². The molecule has 1 aliphatic rings. The molecule has 29 heavy (non-hydrogen) atoms. The maximum atomic E-state index is 4.70. The Morgan fingerprint density at radius 1 is 1.14 bits per heavy atom. The van der Waals surface area contributed by atoms with Gasteiger partial charge in [-0.3, -0.25) is 5.10 Å². The summed E-state index contributed by atoms with van der Waals surface area (Å²) in [5.41, 5.74) is 4.36. The van der Waals surface area contributed by atoms with E-state index in [4.69, 9.17) is 4.98 Å². The van der Waals surface area contributed by atoms with Gasteiger partial charge in [-0.25, -0.2) is 15.0 Å². The maximum absolute atomic E-state index is 4.70. The molecule has 0 aliphatic carbocycles. The van der Waals surface area contributed by atoms with E-state index in [9.17, 15) is 0 Å². The number of aromatic amines is 1. The fourth-order valence-corrected chi connectivity index (χ4v) is 3.93. The van der Waals surface area contributed by atoms with E-state index in [2.05, 4.69) is 53.8 Å². The molecule has 0 aromatic carbocycles. The number of imidazole rings is 1. The largest absolute Gasteiger partial charge is 0.335 e. The molecule has 0 radical (unpaired) electrons. The number of rotatable bonds is 4. The van der Waals surface area contributed by atoms with Crippen LogP contribution in [0.4, 0.5) is 17.6 Å². The zero-order valence-corrected chi connectivity index (χ0v) is 16.7. The predicted octanol–water partition coefficient (Wildman–Crippen LogP) is 3.14. The van der Waals surface area contributed by atoms with Gasteiger partial charge in [0.15, 0.2) is 0 Å². The molecule has 9 nitrogen and oxygen atoms in total. The fourth-order valence-electron chi connectivity index (χ4n) is 3.93. The number of aryl methyl sites for hydroxylation is 1. The molecule has 0 bridgehead atoms. The van der Waals surface area contributed by atoms with Crippen LogP contribution in [-0.4, -0.2) is 41.2 Å². The number of hydrogen-bond donors (Lipinski definition) is 2. The van der Waals surface area contributed by atoms with Crippen LogP contribution >= 0.6 is 0 Å². The molecule has 0 fully saturated rings. The molecule has 4 aromatic heterocycles. The highest BCUT2D eigenvalue weighted by atomic mass is 15.3. The number of nitrogens with zero attached hydrogens (tertiary/aromatic N) is 7. The Labute approximate surface area is 168 Å². The smallest absolute Gasteiger partial charge is 0.227 e. The summed E-state index contributed by atoms with van der Waals surface area (Å²) in [5, 5.41) is 10.5. The molecule has 1 aliphatic heterocycles. The third-order valence-corrected chi connectivity index (χ3v) is 5.26. The Morgan fingerprint density at radius 2 is 2.03 bits per heavy atom. The first-order valence-electron chi connectivity index (χ1n) is 9.79. The second kappa shape index (κ2) is 6.84. The van der Waals surface area contributed by atoms with E-state index >= 15 is 0 Å². The number of pyridine rings is 1. The standard InChI is InChI=1S/C20H23N9/c1-12(2)29-13(3)24-15-10-22-19(8-17(15)29)25-18-4-6-21-20(26-18)28-7-5-14-9-23-27-16(14)11-28/h4,6,8-10,12H,5,7,11H2,1-3H3,(H,23,27)(H,21,22,25,26). The molecule has 2 N–H and O–H groups in total. The van der Waals surface area contributed by atoms with E-state index in [1.54, 1.807) is 12.4 Å². The van der Waals surface area contributed by atoms with Gasteiger partial charge in [-0.15, -0.1) is 0 Å². The van der Waals surface area contributed by atoms with Crippen LogP contribution in [0.1, 0.15) is 37.0 Å². The van der Waals surface area contributed by atoms with Crippen LogP contribution < -0.4 is 10.2 Å². The van der Waals surface area contributed by atoms with Crippen molar-refractivity contribution in [3.8, 4) is 0 Å². The maximum Gasteiger partial charge on any atom is 0.227 e. The fraction of sp³-hybridized carbons (Fsp3) is 0.350. The van der Waals surface area contributed by atoms with Crippen LogP contribution in [0.5, 0.6) is 0 Å². The van der Waals surface area contributed by atoms with Crippen LogP contribution in [0.3, 0.4) is 0 Å². The van der Waals surface area contributed by atoms with E-state index in [-0.39, 0.29) is 0 Å². The van der Waals surface area contributed by atoms with Gasteiger partial charge in [-0.2, -0.15) is 10.1 Å². The molecule has 0 amide bonds. The Balaban J connectivity index is 1.41. The van der Waals surface area contributed by atoms with Gasteiger partial charge in [-0.1, -0.05) is 0 Å². The van der Waals surface area contributed by atoms with Crippen molar-refractivity contribution in [2.75, 3.05) is 16.8 Å². The van der Waals surface area contributed by atoms with Crippen molar-refractivity contribution in [2.45, 2.75) is 39.8 Å². The minimum Gasteiger partial charge on any atom is -0.335 e. The first-order valence-corrected chi connectivity index (χ1v) is 9.79. The molecule has 0 atom stereocenters. The van der Waals surface area contributed by atoms with Crippen molar-refractivity contribution in [1.82, 2.24) is 34.7 Å². The van der Waals surface area contributed by atoms with Crippen molar-refractivity contribution in [2.24, 2.45) is 0 Å². The molecule has 5 heterocycles. The van der Waals surface area contributed by atoms with Crippen LogP contribution in [0.15, 0.2) is 30.7 Å². The number of fused-ring (bicyclic) bond motifs is 2. The summed E-state index contributed by atoms with van der Waals surface area (Å²) in [6, 6.07) is 4.20. The SMILES string of the molecule is Cc1nc2cnc(Nc3ccnc(N4CCc5cn[nH]c5C4)n3)cc2n1C(C)C. The van der Waals surface area contributed by atoms with Crippen LogP contribution in [0, 0.1) is 6.92 Å². The molecule has 5 rings (SSSR count). The summed E-state index contributed by atoms with van der Waals surface area (Å²) >= 11 is 0. The summed E-state index contributed by atoms with van der Waals surface area (Å²) in [4.78, 5) is 20.4. The summed E-state index contributed by atoms with van der Waals surface area (Å²) in [6.07, 6.45) is 6.41. The van der Waals surface area contributed by atoms with Gasteiger partial charge in [0, 0.05) is 24.8 Å². The predicted molar refractivity (Wildman–Crippen MR) is 111 cm³/mol. The lowest BCUT2D eigenvalue weighted by molar-refractivity contribution is 0.600. The highest BCUT2D eigenvalue weighted by Gasteiger charge is 2.20. The monoisotopic (exact) mass is 389 g/mol. The van der Waals surface area contributed by atoms with Crippen LogP contribution in [0.2, 0.25) is 0 Å². The second-order valence-corrected chi connectivity index (χ2v) is 7.59. The van der Waals surface area contributed by atoms with E-state index < -0.39 is 0 Å². The second-order valence-electron chi connectivity index (χ2n) is 7.59. The average molecular weight is 389 g/mol. The van der Waals surface area contributed by atoms with Gasteiger partial charge in [-0.05, 0) is 38.8 Å². The number of aromatic nitrogens is 7. The first-order chi connectivity index (χ1) is 14.1. The zero-order chi connectivity index (χ0) is 20.0. The summed E-state index contributed by atoms with van der Waals surface area (Å²) < 4.78 is 2.21. The lowest BCUT2D eigenvalue weighted by Crippen LogP contribution is -2.31. The molecular formula is C20H23N9. The Morgan fingerprint density at radius 3 is 2.90 bits per heavy atom. The van der Waals surface area contributed by atoms with Gasteiger partial charge in [0.2, 0.25) is 5.95 Å². The Hall–Kier alpha value is -3.49. The van der Waals surface area contributed by atoms with Crippen molar-refractivity contribution < 1.29 is 0 Å². The third-order valence-electron chi connectivity index (χ3n) is 5.26. The molecule has 0 spiro atoms. The van der Waals surface area contributed by atoms with Gasteiger partial charge in [0.25, 0.3) is 0 Å². The Bertz CT molecular complexity index is 1170. The third kappa shape index (κ3) is 3.18. The van der Waals surface area contributed by atoms with Crippen molar-refractivity contribution >= 4 is 28.6 Å². The summed E-state index contributed by atoms with van der Waals surface area (Å²) in [6.45, 7) is 7.93. The van der Waals surface area contributed by atoms with E-state index in [0.717, 1.165) is 47.9 Å². The molecule has 4 aromatic rings. The van der Waals surface area contributed by atoms with Gasteiger partial charge in [0.05, 0.1) is 30.1 Å². The number of nitrogens with one attached hydrogen (secondary N) is 2. The summed E-state index contributed by atoms with van der Waals surface area (Å²) in [7, 11) is 0. The minimum atomic E-state index is 0.326. The number of H-pyrrole nitrogens is 1. The average Bonchev–Trinajstić information content (AvgIpc) is 3.30. The molecule has 9 heteroatoms. The molecule has 0 unspecified atom stereocenters. The van der Waals surface area contributed by atoms with Gasteiger partial charge < -0.3 is 14.8 Å². The number of hydrogen-bond acceptors (Lipinski definition) is 7. The first kappa shape index (κ1) is 17.6. The van der Waals surface area contributed by atoms with Crippen LogP contribution in [0.25, 0.3) is 11.0 Å². The van der Waals surface area contributed by atoms with Crippen molar-refractivity contribution in [3.05, 3.63) is 47.8 Å². The lowest BCUT2D eigenvalue weighted by Gasteiger charge is -2.26. The number of anilines is 3. The molecular weight excluding hydrogens is 366 g/mol. The van der Waals surface area contributed by atoms with E-state index in [0.29, 0.717) is 17.8 Å². The van der Waals surface area contributed by atoms with E-state index in [1.807, 2.05) is 25.3 Å². The molecule has 0 saturated carbocycles. The van der Waals surface area contributed by atoms with Gasteiger partial charge in [0.1, 0.15) is 23.0 Å². The quantitative estimate of drug-likeness (QED) is 0.553. The van der Waals surface area contributed by atoms with Gasteiger partial charge >= 0.3 is 0 Å². The summed E-state index contributed by atoms with van der Waals surface area (Å²) in [5.74, 6) is 3.13. The minimum absolute atomic E-state index is 0.326. The van der Waals surface area contributed by atoms with E-state index in [1.165, 1.54) is 5.56 Å². The zero-order valence-electron chi connectivity index (χ0n) is 16.7. The Kier molecular flexibility index (Phi) is 4.15. The topological polar surface area (TPSA) is 100 Å². The highest BCUT2D eigenvalue weighted by molar-refractivity contribution is 5.79. The normalized spacial score (nSPS) is 13.9.